The van der Waals surface area contributed by atoms with E-state index in [1.165, 1.54) is 0 Å². The maximum absolute atomic E-state index is 12.8. The van der Waals surface area contributed by atoms with Crippen molar-refractivity contribution in [2.24, 2.45) is 0 Å². The molecule has 2 rings (SSSR count). The van der Waals surface area contributed by atoms with E-state index >= 15 is 0 Å². The molecule has 2 aromatic rings. The summed E-state index contributed by atoms with van der Waals surface area (Å²) >= 11 is 0. The number of carbonyl (C=O) groups excluding carboxylic acids is 1. The lowest BCUT2D eigenvalue weighted by atomic mass is 9.75. The van der Waals surface area contributed by atoms with Crippen molar-refractivity contribution in [3.05, 3.63) is 65.7 Å². The van der Waals surface area contributed by atoms with Crippen LogP contribution in [-0.4, -0.2) is 19.6 Å². The summed E-state index contributed by atoms with van der Waals surface area (Å²) in [6.45, 7) is 4.69. The van der Waals surface area contributed by atoms with E-state index in [0.29, 0.717) is 6.54 Å². The van der Waals surface area contributed by atoms with Gasteiger partial charge in [-0.05, 0) is 36.6 Å². The molecule has 0 heterocycles. The number of methoxy groups -OCH3 is 1. The number of carbonyl (C=O) groups is 1. The van der Waals surface area contributed by atoms with Crippen LogP contribution >= 0.6 is 0 Å². The van der Waals surface area contributed by atoms with E-state index in [1.54, 1.807) is 7.11 Å². The maximum atomic E-state index is 12.8. The lowest BCUT2D eigenvalue weighted by Gasteiger charge is -2.29. The molecule has 0 saturated heterocycles. The van der Waals surface area contributed by atoms with E-state index in [9.17, 15) is 4.79 Å². The van der Waals surface area contributed by atoms with Gasteiger partial charge in [0.2, 0.25) is 5.91 Å². The van der Waals surface area contributed by atoms with Gasteiger partial charge in [0.25, 0.3) is 0 Å². The minimum Gasteiger partial charge on any atom is -0.497 e. The summed E-state index contributed by atoms with van der Waals surface area (Å²) in [6, 6.07) is 17.6. The molecule has 1 unspecified atom stereocenters. The summed E-state index contributed by atoms with van der Waals surface area (Å²) in [4.78, 5) is 12.8. The molecule has 2 aromatic carbocycles. The van der Waals surface area contributed by atoms with E-state index in [0.717, 1.165) is 23.3 Å². The second kappa shape index (κ2) is 7.12. The Bertz CT molecular complexity index is 607. The van der Waals surface area contributed by atoms with Crippen LogP contribution in [0.2, 0.25) is 0 Å². The van der Waals surface area contributed by atoms with Gasteiger partial charge in [0.15, 0.2) is 0 Å². The van der Waals surface area contributed by atoms with E-state index in [4.69, 9.17) is 4.74 Å². The van der Waals surface area contributed by atoms with Crippen LogP contribution in [-0.2, 0) is 10.2 Å². The SMILES string of the molecule is CCCNC(=O)C(C)(c1ccccc1)c1ccc(OC)cc1. The number of amides is 1. The van der Waals surface area contributed by atoms with Crippen LogP contribution in [0.3, 0.4) is 0 Å². The first kappa shape index (κ1) is 16.1. The fourth-order valence-corrected chi connectivity index (χ4v) is 2.54. The lowest BCUT2D eigenvalue weighted by molar-refractivity contribution is -0.124. The Hall–Kier alpha value is -2.29. The van der Waals surface area contributed by atoms with Gasteiger partial charge in [-0.2, -0.15) is 0 Å². The van der Waals surface area contributed by atoms with Gasteiger partial charge in [0.05, 0.1) is 12.5 Å². The van der Waals surface area contributed by atoms with Crippen molar-refractivity contribution in [2.45, 2.75) is 25.7 Å². The van der Waals surface area contributed by atoms with Gasteiger partial charge in [0, 0.05) is 6.54 Å². The molecule has 0 aliphatic heterocycles. The van der Waals surface area contributed by atoms with Gasteiger partial charge in [-0.3, -0.25) is 4.79 Å². The van der Waals surface area contributed by atoms with Gasteiger partial charge in [-0.15, -0.1) is 0 Å². The van der Waals surface area contributed by atoms with Crippen LogP contribution in [0, 0.1) is 0 Å². The molecule has 1 atom stereocenters. The Labute approximate surface area is 132 Å². The van der Waals surface area contributed by atoms with Crippen LogP contribution < -0.4 is 10.1 Å². The number of ether oxygens (including phenoxy) is 1. The first-order valence-corrected chi connectivity index (χ1v) is 7.61. The summed E-state index contributed by atoms with van der Waals surface area (Å²) < 4.78 is 5.21. The standard InChI is InChI=1S/C19H23NO2/c1-4-14-20-18(21)19(2,15-8-6-5-7-9-15)16-10-12-17(22-3)13-11-16/h5-13H,4,14H2,1-3H3,(H,20,21). The van der Waals surface area contributed by atoms with Crippen molar-refractivity contribution in [3.63, 3.8) is 0 Å². The summed E-state index contributed by atoms with van der Waals surface area (Å²) in [5, 5.41) is 3.03. The lowest BCUT2D eigenvalue weighted by Crippen LogP contribution is -2.43. The van der Waals surface area contributed by atoms with Crippen molar-refractivity contribution in [1.82, 2.24) is 5.32 Å². The van der Waals surface area contributed by atoms with Crippen molar-refractivity contribution in [3.8, 4) is 5.75 Å². The van der Waals surface area contributed by atoms with Gasteiger partial charge in [0.1, 0.15) is 5.75 Å². The minimum absolute atomic E-state index is 0.0192. The molecule has 0 aliphatic rings. The third-order valence-electron chi connectivity index (χ3n) is 4.01. The second-order valence-corrected chi connectivity index (χ2v) is 5.48. The predicted molar refractivity (Wildman–Crippen MR) is 89.2 cm³/mol. The van der Waals surface area contributed by atoms with Gasteiger partial charge < -0.3 is 10.1 Å². The normalized spacial score (nSPS) is 13.2. The molecule has 0 bridgehead atoms. The molecule has 0 radical (unpaired) electrons. The van der Waals surface area contributed by atoms with Crippen LogP contribution in [0.5, 0.6) is 5.75 Å². The van der Waals surface area contributed by atoms with E-state index in [2.05, 4.69) is 5.32 Å². The van der Waals surface area contributed by atoms with Crippen molar-refractivity contribution >= 4 is 5.91 Å². The molecule has 0 saturated carbocycles. The zero-order valence-electron chi connectivity index (χ0n) is 13.4. The van der Waals surface area contributed by atoms with Gasteiger partial charge in [-0.25, -0.2) is 0 Å². The Morgan fingerprint density at radius 3 is 2.18 bits per heavy atom. The highest BCUT2D eigenvalue weighted by molar-refractivity contribution is 5.91. The molecule has 1 N–H and O–H groups in total. The highest BCUT2D eigenvalue weighted by Crippen LogP contribution is 2.33. The average molecular weight is 297 g/mol. The van der Waals surface area contributed by atoms with Crippen molar-refractivity contribution in [1.29, 1.82) is 0 Å². The first-order valence-electron chi connectivity index (χ1n) is 7.61. The Kier molecular flexibility index (Phi) is 5.21. The Balaban J connectivity index is 2.46. The quantitative estimate of drug-likeness (QED) is 0.886. The molecular formula is C19H23NO2. The molecule has 1 amide bonds. The van der Waals surface area contributed by atoms with E-state index in [1.807, 2.05) is 68.4 Å². The fraction of sp³-hybridized carbons (Fsp3) is 0.316. The molecule has 0 aliphatic carbocycles. The largest absolute Gasteiger partial charge is 0.497 e. The monoisotopic (exact) mass is 297 g/mol. The molecule has 0 spiro atoms. The van der Waals surface area contributed by atoms with Crippen molar-refractivity contribution < 1.29 is 9.53 Å². The van der Waals surface area contributed by atoms with Crippen LogP contribution in [0.15, 0.2) is 54.6 Å². The van der Waals surface area contributed by atoms with Gasteiger partial charge in [-0.1, -0.05) is 49.4 Å². The topological polar surface area (TPSA) is 38.3 Å². The number of nitrogens with one attached hydrogen (secondary N) is 1. The molecule has 0 fully saturated rings. The van der Waals surface area contributed by atoms with E-state index < -0.39 is 5.41 Å². The summed E-state index contributed by atoms with van der Waals surface area (Å²) in [7, 11) is 1.64. The summed E-state index contributed by atoms with van der Waals surface area (Å²) in [5.74, 6) is 0.804. The zero-order valence-corrected chi connectivity index (χ0v) is 13.4. The number of hydrogen-bond donors (Lipinski definition) is 1. The molecule has 3 nitrogen and oxygen atoms in total. The molecule has 0 aromatic heterocycles. The van der Waals surface area contributed by atoms with Crippen LogP contribution in [0.25, 0.3) is 0 Å². The number of hydrogen-bond acceptors (Lipinski definition) is 2. The second-order valence-electron chi connectivity index (χ2n) is 5.48. The zero-order chi connectivity index (χ0) is 16.0. The molecule has 22 heavy (non-hydrogen) atoms. The predicted octanol–water partition coefficient (Wildman–Crippen LogP) is 3.53. The van der Waals surface area contributed by atoms with Crippen molar-refractivity contribution in [2.75, 3.05) is 13.7 Å². The van der Waals surface area contributed by atoms with Crippen LogP contribution in [0.4, 0.5) is 0 Å². The summed E-state index contributed by atoms with van der Waals surface area (Å²) in [6.07, 6.45) is 0.916. The Morgan fingerprint density at radius 2 is 1.64 bits per heavy atom. The molecular weight excluding hydrogens is 274 g/mol. The third kappa shape index (κ3) is 3.14. The van der Waals surface area contributed by atoms with Crippen LogP contribution in [0.1, 0.15) is 31.4 Å². The highest BCUT2D eigenvalue weighted by Gasteiger charge is 2.36. The molecule has 3 heteroatoms. The minimum atomic E-state index is -0.720. The first-order chi connectivity index (χ1) is 10.6. The van der Waals surface area contributed by atoms with Gasteiger partial charge >= 0.3 is 0 Å². The Morgan fingerprint density at radius 1 is 1.05 bits per heavy atom. The average Bonchev–Trinajstić information content (AvgIpc) is 2.59. The smallest absolute Gasteiger partial charge is 0.234 e. The molecule has 116 valence electrons. The summed E-state index contributed by atoms with van der Waals surface area (Å²) in [5.41, 5.74) is 1.21. The fourth-order valence-electron chi connectivity index (χ4n) is 2.54. The maximum Gasteiger partial charge on any atom is 0.234 e. The highest BCUT2D eigenvalue weighted by atomic mass is 16.5. The third-order valence-corrected chi connectivity index (χ3v) is 4.01. The number of rotatable bonds is 6. The number of benzene rings is 2. The van der Waals surface area contributed by atoms with E-state index in [-0.39, 0.29) is 5.91 Å².